The number of benzene rings is 1. The van der Waals surface area contributed by atoms with Crippen molar-refractivity contribution in [2.24, 2.45) is 5.73 Å². The molecule has 0 unspecified atom stereocenters. The van der Waals surface area contributed by atoms with Gasteiger partial charge in [0, 0.05) is 5.56 Å². The number of nitrogens with two attached hydrogens (primary N) is 1. The number of aryl methyl sites for hydroxylation is 1. The maximum Gasteiger partial charge on any atom is 0.232 e. The van der Waals surface area contributed by atoms with E-state index in [4.69, 9.17) is 11.1 Å². The van der Waals surface area contributed by atoms with E-state index in [9.17, 15) is 8.42 Å². The molecule has 1 aromatic carbocycles. The second-order valence-electron chi connectivity index (χ2n) is 3.45. The zero-order valence-electron chi connectivity index (χ0n) is 9.24. The zero-order valence-corrected chi connectivity index (χ0v) is 10.1. The summed E-state index contributed by atoms with van der Waals surface area (Å²) in [6.07, 6.45) is 0. The van der Waals surface area contributed by atoms with Gasteiger partial charge >= 0.3 is 0 Å². The van der Waals surface area contributed by atoms with E-state index in [1.54, 1.807) is 32.0 Å². The Morgan fingerprint density at radius 1 is 1.50 bits per heavy atom. The normalized spacial score (nSPS) is 11.1. The van der Waals surface area contributed by atoms with Crippen molar-refractivity contribution in [2.45, 2.75) is 13.8 Å². The van der Waals surface area contributed by atoms with Gasteiger partial charge in [0.25, 0.3) is 0 Å². The lowest BCUT2D eigenvalue weighted by Gasteiger charge is -2.10. The first kappa shape index (κ1) is 12.5. The Hall–Kier alpha value is -1.56. The molecule has 0 spiro atoms. The van der Waals surface area contributed by atoms with E-state index in [-0.39, 0.29) is 11.6 Å². The highest BCUT2D eigenvalue weighted by molar-refractivity contribution is 7.92. The first-order valence-corrected chi connectivity index (χ1v) is 6.46. The Labute approximate surface area is 95.2 Å². The summed E-state index contributed by atoms with van der Waals surface area (Å²) >= 11 is 0. The first-order valence-electron chi connectivity index (χ1n) is 4.81. The number of hydrogen-bond donors (Lipinski definition) is 3. The van der Waals surface area contributed by atoms with Gasteiger partial charge in [0.15, 0.2) is 0 Å². The number of nitrogen functional groups attached to an aromatic ring is 1. The van der Waals surface area contributed by atoms with Gasteiger partial charge in [-0.05, 0) is 25.5 Å². The Morgan fingerprint density at radius 3 is 2.62 bits per heavy atom. The third kappa shape index (κ3) is 2.96. The molecule has 0 bridgehead atoms. The van der Waals surface area contributed by atoms with Crippen LogP contribution in [0.3, 0.4) is 0 Å². The van der Waals surface area contributed by atoms with Gasteiger partial charge < -0.3 is 5.73 Å². The molecule has 0 aromatic heterocycles. The molecule has 0 amide bonds. The summed E-state index contributed by atoms with van der Waals surface area (Å²) in [6, 6.07) is 4.97. The zero-order chi connectivity index (χ0) is 12.3. The quantitative estimate of drug-likeness (QED) is 0.543. The van der Waals surface area contributed by atoms with E-state index in [1.165, 1.54) is 0 Å². The number of hydrogen-bond acceptors (Lipinski definition) is 3. The first-order chi connectivity index (χ1) is 7.35. The average molecular weight is 241 g/mol. The molecule has 0 atom stereocenters. The van der Waals surface area contributed by atoms with Crippen LogP contribution in [-0.4, -0.2) is 20.0 Å². The number of anilines is 1. The molecule has 0 radical (unpaired) electrons. The summed E-state index contributed by atoms with van der Waals surface area (Å²) in [5.41, 5.74) is 7.10. The molecule has 1 aromatic rings. The summed E-state index contributed by atoms with van der Waals surface area (Å²) in [6.45, 7) is 3.35. The Morgan fingerprint density at radius 2 is 2.12 bits per heavy atom. The Balaban J connectivity index is 3.13. The van der Waals surface area contributed by atoms with Gasteiger partial charge in [0.05, 0.1) is 11.4 Å². The van der Waals surface area contributed by atoms with Crippen molar-refractivity contribution in [3.8, 4) is 0 Å². The fourth-order valence-corrected chi connectivity index (χ4v) is 1.84. The molecule has 0 aliphatic carbocycles. The van der Waals surface area contributed by atoms with Crippen LogP contribution in [0.4, 0.5) is 5.69 Å². The van der Waals surface area contributed by atoms with Crippen molar-refractivity contribution in [1.29, 1.82) is 5.41 Å². The van der Waals surface area contributed by atoms with Crippen molar-refractivity contribution in [3.05, 3.63) is 29.3 Å². The van der Waals surface area contributed by atoms with Gasteiger partial charge in [-0.1, -0.05) is 12.1 Å². The van der Waals surface area contributed by atoms with E-state index in [0.29, 0.717) is 11.3 Å². The van der Waals surface area contributed by atoms with E-state index >= 15 is 0 Å². The second-order valence-corrected chi connectivity index (χ2v) is 5.46. The fraction of sp³-hybridized carbons (Fsp3) is 0.300. The molecule has 5 nitrogen and oxygen atoms in total. The van der Waals surface area contributed by atoms with Crippen LogP contribution in [0.2, 0.25) is 0 Å². The van der Waals surface area contributed by atoms with E-state index in [0.717, 1.165) is 5.56 Å². The lowest BCUT2D eigenvalue weighted by molar-refractivity contribution is 0.602. The highest BCUT2D eigenvalue weighted by Crippen LogP contribution is 2.18. The third-order valence-electron chi connectivity index (χ3n) is 2.19. The molecule has 88 valence electrons. The Bertz CT molecular complexity index is 509. The molecule has 6 heteroatoms. The summed E-state index contributed by atoms with van der Waals surface area (Å²) in [7, 11) is -3.30. The minimum Gasteiger partial charge on any atom is -0.384 e. The van der Waals surface area contributed by atoms with E-state index in [2.05, 4.69) is 4.72 Å². The van der Waals surface area contributed by atoms with Crippen LogP contribution in [0, 0.1) is 12.3 Å². The topological polar surface area (TPSA) is 96.0 Å². The maximum atomic E-state index is 11.4. The number of amidine groups is 1. The second kappa shape index (κ2) is 4.52. The molecule has 0 saturated heterocycles. The molecule has 0 saturated carbocycles. The van der Waals surface area contributed by atoms with Gasteiger partial charge in [0.1, 0.15) is 5.84 Å². The molecule has 16 heavy (non-hydrogen) atoms. The SMILES string of the molecule is CCS(=O)(=O)Nc1cc(C(=N)N)ccc1C. The maximum absolute atomic E-state index is 11.4. The van der Waals surface area contributed by atoms with Crippen LogP contribution in [-0.2, 0) is 10.0 Å². The van der Waals surface area contributed by atoms with Gasteiger partial charge in [-0.25, -0.2) is 8.42 Å². The Kier molecular flexibility index (Phi) is 3.54. The average Bonchev–Trinajstić information content (AvgIpc) is 2.21. The molecule has 0 aliphatic rings. The van der Waals surface area contributed by atoms with Crippen LogP contribution < -0.4 is 10.5 Å². The van der Waals surface area contributed by atoms with Crippen LogP contribution >= 0.6 is 0 Å². The summed E-state index contributed by atoms with van der Waals surface area (Å²) in [4.78, 5) is 0. The van der Waals surface area contributed by atoms with Crippen LogP contribution in [0.1, 0.15) is 18.1 Å². The minimum atomic E-state index is -3.30. The number of nitrogens with one attached hydrogen (secondary N) is 2. The minimum absolute atomic E-state index is 0.0107. The third-order valence-corrected chi connectivity index (χ3v) is 3.49. The van der Waals surface area contributed by atoms with Crippen molar-refractivity contribution >= 4 is 21.5 Å². The molecular formula is C10H15N3O2S. The molecule has 1 rings (SSSR count). The largest absolute Gasteiger partial charge is 0.384 e. The van der Waals surface area contributed by atoms with Crippen LogP contribution in [0.15, 0.2) is 18.2 Å². The summed E-state index contributed by atoms with van der Waals surface area (Å²) in [5.74, 6) is -0.0755. The van der Waals surface area contributed by atoms with Gasteiger partial charge in [-0.3, -0.25) is 10.1 Å². The lowest BCUT2D eigenvalue weighted by Crippen LogP contribution is -2.17. The van der Waals surface area contributed by atoms with E-state index < -0.39 is 10.0 Å². The smallest absolute Gasteiger partial charge is 0.232 e. The highest BCUT2D eigenvalue weighted by Gasteiger charge is 2.09. The van der Waals surface area contributed by atoms with E-state index in [1.807, 2.05) is 0 Å². The van der Waals surface area contributed by atoms with Crippen molar-refractivity contribution in [3.63, 3.8) is 0 Å². The van der Waals surface area contributed by atoms with Crippen molar-refractivity contribution in [1.82, 2.24) is 0 Å². The lowest BCUT2D eigenvalue weighted by atomic mass is 10.1. The predicted octanol–water partition coefficient (Wildman–Crippen LogP) is 1.04. The van der Waals surface area contributed by atoms with Crippen LogP contribution in [0.25, 0.3) is 0 Å². The summed E-state index contributed by atoms with van der Waals surface area (Å²) < 4.78 is 25.3. The van der Waals surface area contributed by atoms with Gasteiger partial charge in [0.2, 0.25) is 10.0 Å². The van der Waals surface area contributed by atoms with Gasteiger partial charge in [-0.15, -0.1) is 0 Å². The molecule has 0 heterocycles. The molecule has 4 N–H and O–H groups in total. The standard InChI is InChI=1S/C10H15N3O2S/c1-3-16(14,15)13-9-6-8(10(11)12)5-4-7(9)2/h4-6,13H,3H2,1-2H3,(H3,11,12). The fourth-order valence-electron chi connectivity index (χ4n) is 1.14. The molecular weight excluding hydrogens is 226 g/mol. The van der Waals surface area contributed by atoms with Crippen molar-refractivity contribution < 1.29 is 8.42 Å². The number of rotatable bonds is 4. The monoisotopic (exact) mass is 241 g/mol. The number of sulfonamides is 1. The molecule has 0 fully saturated rings. The predicted molar refractivity (Wildman–Crippen MR) is 65.3 cm³/mol. The van der Waals surface area contributed by atoms with Crippen molar-refractivity contribution in [2.75, 3.05) is 10.5 Å². The highest BCUT2D eigenvalue weighted by atomic mass is 32.2. The molecule has 0 aliphatic heterocycles. The van der Waals surface area contributed by atoms with Crippen LogP contribution in [0.5, 0.6) is 0 Å². The van der Waals surface area contributed by atoms with Gasteiger partial charge in [-0.2, -0.15) is 0 Å². The summed E-state index contributed by atoms with van der Waals surface area (Å²) in [5, 5.41) is 7.28.